The van der Waals surface area contributed by atoms with Gasteiger partial charge in [-0.3, -0.25) is 9.69 Å². The van der Waals surface area contributed by atoms with Gasteiger partial charge in [-0.25, -0.2) is 13.4 Å². The lowest BCUT2D eigenvalue weighted by Crippen LogP contribution is -2.37. The van der Waals surface area contributed by atoms with Crippen molar-refractivity contribution in [3.63, 3.8) is 0 Å². The summed E-state index contributed by atoms with van der Waals surface area (Å²) >= 11 is 13.5. The van der Waals surface area contributed by atoms with Gasteiger partial charge in [-0.1, -0.05) is 40.6 Å². The van der Waals surface area contributed by atoms with Gasteiger partial charge in [-0.15, -0.1) is 0 Å². The second-order valence-corrected chi connectivity index (χ2v) is 11.6. The molecule has 1 amide bonds. The second kappa shape index (κ2) is 10.1. The molecule has 2 heterocycles. The van der Waals surface area contributed by atoms with E-state index >= 15 is 0 Å². The Labute approximate surface area is 201 Å². The molecule has 170 valence electrons. The summed E-state index contributed by atoms with van der Waals surface area (Å²) in [4.78, 5) is 19.6. The molecule has 1 aromatic heterocycles. The van der Waals surface area contributed by atoms with Crippen LogP contribution < -0.4 is 4.90 Å². The van der Waals surface area contributed by atoms with Crippen molar-refractivity contribution < 1.29 is 17.9 Å². The lowest BCUT2D eigenvalue weighted by Gasteiger charge is -2.23. The highest BCUT2D eigenvalue weighted by Crippen LogP contribution is 2.34. The Bertz CT molecular complexity index is 1210. The number of carbonyl (C=O) groups excluding carboxylic acids is 1. The second-order valence-electron chi connectivity index (χ2n) is 7.60. The predicted molar refractivity (Wildman–Crippen MR) is 129 cm³/mol. The first kappa shape index (κ1) is 23.4. The van der Waals surface area contributed by atoms with Crippen LogP contribution in [0.15, 0.2) is 47.4 Å². The summed E-state index contributed by atoms with van der Waals surface area (Å²) in [5.74, 6) is -0.304. The average Bonchev–Trinajstić information content (AvgIpc) is 3.42. The van der Waals surface area contributed by atoms with Crippen LogP contribution in [0.5, 0.6) is 0 Å². The zero-order valence-corrected chi connectivity index (χ0v) is 20.3. The molecule has 0 spiro atoms. The monoisotopic (exact) mass is 512 g/mol. The van der Waals surface area contributed by atoms with E-state index < -0.39 is 9.84 Å². The van der Waals surface area contributed by atoms with Crippen molar-refractivity contribution in [2.24, 2.45) is 0 Å². The molecule has 0 bridgehead atoms. The van der Waals surface area contributed by atoms with Crippen LogP contribution in [0.4, 0.5) is 5.13 Å². The topological polar surface area (TPSA) is 76.6 Å². The molecule has 6 nitrogen and oxygen atoms in total. The normalized spacial score (nSPS) is 16.5. The van der Waals surface area contributed by atoms with Crippen LogP contribution in [0.1, 0.15) is 25.7 Å². The molecule has 1 atom stereocenters. The number of benzene rings is 2. The third-order valence-corrected chi connectivity index (χ3v) is 8.69. The van der Waals surface area contributed by atoms with E-state index in [0.717, 1.165) is 17.5 Å². The highest BCUT2D eigenvalue weighted by Gasteiger charge is 2.27. The SMILES string of the molecule is O=C(CCCS(=O)(=O)c1ccc(Cl)cc1)N(CC1CCCO1)c1nc2c(Cl)cccc2s1. The van der Waals surface area contributed by atoms with E-state index in [1.54, 1.807) is 23.1 Å². The Morgan fingerprint density at radius 2 is 1.97 bits per heavy atom. The van der Waals surface area contributed by atoms with E-state index in [1.807, 2.05) is 12.1 Å². The molecule has 1 unspecified atom stereocenters. The average molecular weight is 513 g/mol. The fraction of sp³-hybridized carbons (Fsp3) is 0.364. The van der Waals surface area contributed by atoms with Gasteiger partial charge in [-0.05, 0) is 55.7 Å². The molecule has 0 radical (unpaired) electrons. The van der Waals surface area contributed by atoms with Gasteiger partial charge in [0.05, 0.1) is 33.0 Å². The van der Waals surface area contributed by atoms with Crippen LogP contribution >= 0.6 is 34.5 Å². The minimum atomic E-state index is -3.50. The lowest BCUT2D eigenvalue weighted by atomic mass is 10.2. The van der Waals surface area contributed by atoms with Crippen molar-refractivity contribution in [1.29, 1.82) is 0 Å². The van der Waals surface area contributed by atoms with E-state index in [9.17, 15) is 13.2 Å². The standard InChI is InChI=1S/C22H22Cl2N2O4S2/c23-15-8-10-17(11-9-15)32(28,29)13-3-7-20(27)26(14-16-4-2-12-30-16)22-25-21-18(24)5-1-6-19(21)31-22/h1,5-6,8-11,16H,2-4,7,12-14H2. The number of para-hydroxylation sites is 1. The Kier molecular flexibility index (Phi) is 7.37. The van der Waals surface area contributed by atoms with E-state index in [-0.39, 0.29) is 35.5 Å². The number of thiazole rings is 1. The first-order chi connectivity index (χ1) is 15.3. The van der Waals surface area contributed by atoms with Crippen molar-refractivity contribution in [3.05, 3.63) is 52.5 Å². The zero-order valence-electron chi connectivity index (χ0n) is 17.2. The van der Waals surface area contributed by atoms with Crippen LogP contribution in [-0.2, 0) is 19.4 Å². The number of carbonyl (C=O) groups is 1. The molecule has 1 aliphatic rings. The maximum atomic E-state index is 13.2. The number of amides is 1. The highest BCUT2D eigenvalue weighted by atomic mass is 35.5. The Balaban J connectivity index is 1.48. The third-order valence-electron chi connectivity index (χ3n) is 5.28. The summed E-state index contributed by atoms with van der Waals surface area (Å²) in [6, 6.07) is 11.6. The number of sulfone groups is 1. The first-order valence-corrected chi connectivity index (χ1v) is 13.5. The van der Waals surface area contributed by atoms with Crippen LogP contribution in [-0.4, -0.2) is 44.3 Å². The molecule has 0 saturated carbocycles. The van der Waals surface area contributed by atoms with Crippen LogP contribution in [0.3, 0.4) is 0 Å². The van der Waals surface area contributed by atoms with Gasteiger partial charge < -0.3 is 4.74 Å². The van der Waals surface area contributed by atoms with Crippen molar-refractivity contribution in [1.82, 2.24) is 4.98 Å². The van der Waals surface area contributed by atoms with E-state index in [2.05, 4.69) is 4.98 Å². The zero-order chi connectivity index (χ0) is 22.7. The Morgan fingerprint density at radius 3 is 2.66 bits per heavy atom. The molecule has 4 rings (SSSR count). The number of aromatic nitrogens is 1. The van der Waals surface area contributed by atoms with Crippen molar-refractivity contribution in [2.75, 3.05) is 23.8 Å². The third kappa shape index (κ3) is 5.43. The minimum absolute atomic E-state index is 0.0563. The number of hydrogen-bond donors (Lipinski definition) is 0. The van der Waals surface area contributed by atoms with E-state index in [4.69, 9.17) is 27.9 Å². The Morgan fingerprint density at radius 1 is 1.19 bits per heavy atom. The molecule has 32 heavy (non-hydrogen) atoms. The summed E-state index contributed by atoms with van der Waals surface area (Å²) in [6.45, 7) is 1.07. The van der Waals surface area contributed by atoms with Gasteiger partial charge in [-0.2, -0.15) is 0 Å². The molecule has 1 aliphatic heterocycles. The van der Waals surface area contributed by atoms with Gasteiger partial charge >= 0.3 is 0 Å². The van der Waals surface area contributed by atoms with E-state index in [1.165, 1.54) is 23.5 Å². The number of anilines is 1. The quantitative estimate of drug-likeness (QED) is 0.405. The van der Waals surface area contributed by atoms with Gasteiger partial charge in [0.1, 0.15) is 5.52 Å². The van der Waals surface area contributed by atoms with Gasteiger partial charge in [0.2, 0.25) is 5.91 Å². The number of ether oxygens (including phenoxy) is 1. The molecular weight excluding hydrogens is 491 g/mol. The van der Waals surface area contributed by atoms with Crippen molar-refractivity contribution in [3.8, 4) is 0 Å². The first-order valence-electron chi connectivity index (χ1n) is 10.3. The van der Waals surface area contributed by atoms with Crippen LogP contribution in [0.25, 0.3) is 10.2 Å². The number of rotatable bonds is 8. The van der Waals surface area contributed by atoms with Crippen LogP contribution in [0.2, 0.25) is 10.0 Å². The molecular formula is C22H22Cl2N2O4S2. The summed E-state index contributed by atoms with van der Waals surface area (Å²) in [7, 11) is -3.50. The molecule has 1 saturated heterocycles. The predicted octanol–water partition coefficient (Wildman–Crippen LogP) is 5.37. The fourth-order valence-corrected chi connectivity index (χ4v) is 6.33. The maximum absolute atomic E-state index is 13.2. The summed E-state index contributed by atoms with van der Waals surface area (Å²) in [6.07, 6.45) is 2.07. The summed E-state index contributed by atoms with van der Waals surface area (Å²) in [5, 5.41) is 1.55. The Hall–Kier alpha value is -1.71. The van der Waals surface area contributed by atoms with Gasteiger partial charge in [0.25, 0.3) is 0 Å². The van der Waals surface area contributed by atoms with Crippen molar-refractivity contribution >= 4 is 65.6 Å². The van der Waals surface area contributed by atoms with Crippen molar-refractivity contribution in [2.45, 2.75) is 36.7 Å². The molecule has 3 aromatic rings. The molecule has 1 fully saturated rings. The molecule has 2 aromatic carbocycles. The number of nitrogens with zero attached hydrogens (tertiary/aromatic N) is 2. The maximum Gasteiger partial charge on any atom is 0.228 e. The molecule has 0 N–H and O–H groups in total. The van der Waals surface area contributed by atoms with Gasteiger partial charge in [0, 0.05) is 18.1 Å². The lowest BCUT2D eigenvalue weighted by molar-refractivity contribution is -0.119. The number of halogens is 2. The van der Waals surface area contributed by atoms with E-state index in [0.29, 0.717) is 33.8 Å². The molecule has 0 aliphatic carbocycles. The largest absolute Gasteiger partial charge is 0.376 e. The fourth-order valence-electron chi connectivity index (χ4n) is 3.61. The minimum Gasteiger partial charge on any atom is -0.376 e. The number of hydrogen-bond acceptors (Lipinski definition) is 6. The van der Waals surface area contributed by atoms with Crippen LogP contribution in [0, 0.1) is 0 Å². The van der Waals surface area contributed by atoms with Gasteiger partial charge in [0.15, 0.2) is 15.0 Å². The summed E-state index contributed by atoms with van der Waals surface area (Å²) < 4.78 is 31.8. The molecule has 10 heteroatoms. The summed E-state index contributed by atoms with van der Waals surface area (Å²) in [5.41, 5.74) is 0.657. The highest BCUT2D eigenvalue weighted by molar-refractivity contribution is 7.91. The smallest absolute Gasteiger partial charge is 0.228 e. The number of fused-ring (bicyclic) bond motifs is 1.